The van der Waals surface area contributed by atoms with Crippen LogP contribution in [0.1, 0.15) is 71.1 Å². The third-order valence-corrected chi connectivity index (χ3v) is 4.07. The van der Waals surface area contributed by atoms with Gasteiger partial charge in [-0.3, -0.25) is 0 Å². The average Bonchev–Trinajstić information content (AvgIpc) is 2.43. The Labute approximate surface area is 130 Å². The SMILES string of the molecule is CCCCCCC=CC=CCCCCCC(Cl)CCl. The smallest absolute Gasteiger partial charge is 0.0471 e. The molecule has 0 radical (unpaired) electrons. The van der Waals surface area contributed by atoms with Gasteiger partial charge in [-0.15, -0.1) is 23.2 Å². The third kappa shape index (κ3) is 16.0. The summed E-state index contributed by atoms with van der Waals surface area (Å²) in [7, 11) is 0. The minimum absolute atomic E-state index is 0.160. The molecule has 0 aliphatic carbocycles. The molecule has 0 saturated carbocycles. The molecule has 0 fully saturated rings. The number of hydrogen-bond donors (Lipinski definition) is 0. The van der Waals surface area contributed by atoms with Gasteiger partial charge in [0, 0.05) is 11.3 Å². The van der Waals surface area contributed by atoms with Gasteiger partial charge in [-0.05, 0) is 32.1 Å². The molecule has 112 valence electrons. The van der Waals surface area contributed by atoms with E-state index < -0.39 is 0 Å². The molecule has 0 aromatic rings. The van der Waals surface area contributed by atoms with Crippen LogP contribution in [0.4, 0.5) is 0 Å². The second-order valence-electron chi connectivity index (χ2n) is 5.10. The van der Waals surface area contributed by atoms with Crippen molar-refractivity contribution in [1.82, 2.24) is 0 Å². The lowest BCUT2D eigenvalue weighted by molar-refractivity contribution is 0.643. The van der Waals surface area contributed by atoms with Gasteiger partial charge >= 0.3 is 0 Å². The van der Waals surface area contributed by atoms with Crippen LogP contribution in [0.25, 0.3) is 0 Å². The maximum absolute atomic E-state index is 5.95. The third-order valence-electron chi connectivity index (χ3n) is 3.16. The molecule has 1 unspecified atom stereocenters. The number of alkyl halides is 2. The summed E-state index contributed by atoms with van der Waals surface area (Å²) in [4.78, 5) is 0. The molecule has 0 amide bonds. The topological polar surface area (TPSA) is 0 Å². The van der Waals surface area contributed by atoms with Crippen LogP contribution in [0.2, 0.25) is 0 Å². The highest BCUT2D eigenvalue weighted by Crippen LogP contribution is 2.11. The summed E-state index contributed by atoms with van der Waals surface area (Å²) < 4.78 is 0. The summed E-state index contributed by atoms with van der Waals surface area (Å²) in [5, 5.41) is 0.160. The predicted octanol–water partition coefficient (Wildman–Crippen LogP) is 6.87. The van der Waals surface area contributed by atoms with E-state index in [4.69, 9.17) is 23.2 Å². The molecule has 0 nitrogen and oxygen atoms in total. The zero-order valence-corrected chi connectivity index (χ0v) is 13.9. The highest BCUT2D eigenvalue weighted by molar-refractivity contribution is 6.28. The molecule has 0 N–H and O–H groups in total. The molecule has 0 rings (SSSR count). The summed E-state index contributed by atoms with van der Waals surface area (Å²) in [6.07, 6.45) is 21.5. The Hall–Kier alpha value is 0.0600. The first-order valence-electron chi connectivity index (χ1n) is 7.83. The summed E-state index contributed by atoms with van der Waals surface area (Å²) in [6, 6.07) is 0. The van der Waals surface area contributed by atoms with Gasteiger partial charge in [0.1, 0.15) is 0 Å². The lowest BCUT2D eigenvalue weighted by Crippen LogP contribution is -1.98. The Morgan fingerprint density at radius 1 is 0.842 bits per heavy atom. The van der Waals surface area contributed by atoms with E-state index in [0.717, 1.165) is 6.42 Å². The van der Waals surface area contributed by atoms with E-state index in [1.54, 1.807) is 0 Å². The lowest BCUT2D eigenvalue weighted by atomic mass is 10.1. The van der Waals surface area contributed by atoms with Crippen LogP contribution in [-0.4, -0.2) is 11.3 Å². The first kappa shape index (κ1) is 19.1. The zero-order valence-electron chi connectivity index (χ0n) is 12.4. The Balaban J connectivity index is 3.22. The van der Waals surface area contributed by atoms with Crippen molar-refractivity contribution in [3.8, 4) is 0 Å². The Bertz CT molecular complexity index is 221. The molecule has 0 spiro atoms. The Morgan fingerprint density at radius 3 is 1.95 bits per heavy atom. The van der Waals surface area contributed by atoms with Crippen molar-refractivity contribution in [3.63, 3.8) is 0 Å². The van der Waals surface area contributed by atoms with Gasteiger partial charge in [0.05, 0.1) is 0 Å². The molecule has 1 atom stereocenters. The van der Waals surface area contributed by atoms with Crippen LogP contribution in [-0.2, 0) is 0 Å². The largest absolute Gasteiger partial charge is 0.125 e. The minimum Gasteiger partial charge on any atom is -0.125 e. The quantitative estimate of drug-likeness (QED) is 0.198. The number of rotatable bonds is 13. The normalized spacial score (nSPS) is 13.6. The molecule has 0 aromatic carbocycles. The number of halogens is 2. The maximum Gasteiger partial charge on any atom is 0.0471 e. The molecule has 0 saturated heterocycles. The second-order valence-corrected chi connectivity index (χ2v) is 6.02. The van der Waals surface area contributed by atoms with Gasteiger partial charge in [-0.1, -0.05) is 63.3 Å². The number of hydrogen-bond acceptors (Lipinski definition) is 0. The van der Waals surface area contributed by atoms with E-state index in [1.165, 1.54) is 57.8 Å². The molecule has 0 aliphatic rings. The molecular formula is C17H30Cl2. The summed E-state index contributed by atoms with van der Waals surface area (Å²) in [6.45, 7) is 2.25. The fourth-order valence-electron chi connectivity index (χ4n) is 1.92. The van der Waals surface area contributed by atoms with E-state index in [-0.39, 0.29) is 5.38 Å². The molecule has 0 bridgehead atoms. The summed E-state index contributed by atoms with van der Waals surface area (Å²) >= 11 is 11.6. The lowest BCUT2D eigenvalue weighted by Gasteiger charge is -2.03. The van der Waals surface area contributed by atoms with Gasteiger partial charge in [0.25, 0.3) is 0 Å². The van der Waals surface area contributed by atoms with E-state index in [2.05, 4.69) is 31.2 Å². The first-order valence-corrected chi connectivity index (χ1v) is 8.80. The predicted molar refractivity (Wildman–Crippen MR) is 90.5 cm³/mol. The van der Waals surface area contributed by atoms with E-state index in [0.29, 0.717) is 5.88 Å². The van der Waals surface area contributed by atoms with Crippen molar-refractivity contribution in [2.24, 2.45) is 0 Å². The van der Waals surface area contributed by atoms with Crippen molar-refractivity contribution >= 4 is 23.2 Å². The van der Waals surface area contributed by atoms with Crippen LogP contribution < -0.4 is 0 Å². The summed E-state index contributed by atoms with van der Waals surface area (Å²) in [5.41, 5.74) is 0. The van der Waals surface area contributed by atoms with Gasteiger partial charge in [0.2, 0.25) is 0 Å². The van der Waals surface area contributed by atoms with Crippen molar-refractivity contribution in [1.29, 1.82) is 0 Å². The van der Waals surface area contributed by atoms with Gasteiger partial charge in [-0.2, -0.15) is 0 Å². The van der Waals surface area contributed by atoms with Crippen LogP contribution in [0.3, 0.4) is 0 Å². The number of allylic oxidation sites excluding steroid dienone is 4. The van der Waals surface area contributed by atoms with Gasteiger partial charge in [-0.25, -0.2) is 0 Å². The second kappa shape index (κ2) is 16.1. The van der Waals surface area contributed by atoms with Crippen LogP contribution in [0, 0.1) is 0 Å². The van der Waals surface area contributed by atoms with Gasteiger partial charge in [0.15, 0.2) is 0 Å². The standard InChI is InChI=1S/C17H30Cl2/c1-2-3-4-5-6-7-8-9-10-11-12-13-14-15-17(19)16-18/h7-10,17H,2-6,11-16H2,1H3. The van der Waals surface area contributed by atoms with Crippen LogP contribution in [0.15, 0.2) is 24.3 Å². The Kier molecular flexibility index (Phi) is 16.2. The number of unbranched alkanes of at least 4 members (excludes halogenated alkanes) is 7. The zero-order chi connectivity index (χ0) is 14.2. The Morgan fingerprint density at radius 2 is 1.42 bits per heavy atom. The van der Waals surface area contributed by atoms with Gasteiger partial charge < -0.3 is 0 Å². The first-order chi connectivity index (χ1) is 9.31. The highest BCUT2D eigenvalue weighted by atomic mass is 35.5. The monoisotopic (exact) mass is 304 g/mol. The van der Waals surface area contributed by atoms with Crippen molar-refractivity contribution in [2.75, 3.05) is 5.88 Å². The van der Waals surface area contributed by atoms with Crippen LogP contribution >= 0.6 is 23.2 Å². The minimum atomic E-state index is 0.160. The molecule has 0 heterocycles. The van der Waals surface area contributed by atoms with E-state index >= 15 is 0 Å². The van der Waals surface area contributed by atoms with Crippen molar-refractivity contribution in [2.45, 2.75) is 76.5 Å². The fourth-order valence-corrected chi connectivity index (χ4v) is 2.23. The van der Waals surface area contributed by atoms with E-state index in [9.17, 15) is 0 Å². The molecular weight excluding hydrogens is 275 g/mol. The fraction of sp³-hybridized carbons (Fsp3) is 0.765. The summed E-state index contributed by atoms with van der Waals surface area (Å²) in [5.74, 6) is 0.574. The van der Waals surface area contributed by atoms with Crippen molar-refractivity contribution < 1.29 is 0 Å². The maximum atomic E-state index is 5.95. The molecule has 0 aromatic heterocycles. The molecule has 0 aliphatic heterocycles. The van der Waals surface area contributed by atoms with Crippen molar-refractivity contribution in [3.05, 3.63) is 24.3 Å². The van der Waals surface area contributed by atoms with E-state index in [1.807, 2.05) is 0 Å². The molecule has 2 heteroatoms. The highest BCUT2D eigenvalue weighted by Gasteiger charge is 2.00. The molecule has 19 heavy (non-hydrogen) atoms. The van der Waals surface area contributed by atoms with Crippen LogP contribution in [0.5, 0.6) is 0 Å². The average molecular weight is 305 g/mol.